The maximum absolute atomic E-state index is 12.3. The van der Waals surface area contributed by atoms with Crippen LogP contribution in [0.1, 0.15) is 17.0 Å². The van der Waals surface area contributed by atoms with Gasteiger partial charge in [-0.3, -0.25) is 4.79 Å². The Hall–Kier alpha value is -3.80. The van der Waals surface area contributed by atoms with Gasteiger partial charge in [0, 0.05) is 0 Å². The molecular formula is C26H27N3O3. The number of benzene rings is 3. The fourth-order valence-corrected chi connectivity index (χ4v) is 3.68. The number of aromatic nitrogens is 2. The van der Waals surface area contributed by atoms with E-state index in [-0.39, 0.29) is 12.5 Å². The number of carbonyl (C=O) groups is 1. The van der Waals surface area contributed by atoms with Crippen LogP contribution in [0, 0.1) is 13.8 Å². The number of amides is 1. The highest BCUT2D eigenvalue weighted by atomic mass is 16.5. The summed E-state index contributed by atoms with van der Waals surface area (Å²) in [5.41, 5.74) is 4.26. The van der Waals surface area contributed by atoms with Gasteiger partial charge in [0.25, 0.3) is 5.91 Å². The SMILES string of the molecule is Cc1cc(C)cc(OCCn2c(CNC(=O)COc3ccccc3)nc3ccccc32)c1. The minimum absolute atomic E-state index is 0.0416. The van der Waals surface area contributed by atoms with Gasteiger partial charge in [-0.1, -0.05) is 36.4 Å². The van der Waals surface area contributed by atoms with Crippen molar-refractivity contribution in [2.24, 2.45) is 0 Å². The van der Waals surface area contributed by atoms with E-state index in [1.807, 2.05) is 66.7 Å². The van der Waals surface area contributed by atoms with Crippen molar-refractivity contribution in [3.05, 3.63) is 89.7 Å². The zero-order valence-electron chi connectivity index (χ0n) is 18.4. The highest BCUT2D eigenvalue weighted by molar-refractivity contribution is 5.78. The third-order valence-electron chi connectivity index (χ3n) is 5.07. The summed E-state index contributed by atoms with van der Waals surface area (Å²) in [4.78, 5) is 17.0. The van der Waals surface area contributed by atoms with Crippen LogP contribution < -0.4 is 14.8 Å². The van der Waals surface area contributed by atoms with Gasteiger partial charge in [0.15, 0.2) is 6.61 Å². The van der Waals surface area contributed by atoms with Gasteiger partial charge in [0.05, 0.1) is 24.1 Å². The predicted molar refractivity (Wildman–Crippen MR) is 125 cm³/mol. The van der Waals surface area contributed by atoms with Crippen molar-refractivity contribution < 1.29 is 14.3 Å². The monoisotopic (exact) mass is 429 g/mol. The van der Waals surface area contributed by atoms with E-state index in [0.29, 0.717) is 25.4 Å². The van der Waals surface area contributed by atoms with Crippen molar-refractivity contribution in [3.8, 4) is 11.5 Å². The Morgan fingerprint density at radius 2 is 1.62 bits per heavy atom. The number of nitrogens with zero attached hydrogens (tertiary/aromatic N) is 2. The molecule has 0 saturated heterocycles. The highest BCUT2D eigenvalue weighted by Gasteiger charge is 2.12. The Balaban J connectivity index is 1.40. The van der Waals surface area contributed by atoms with E-state index >= 15 is 0 Å². The molecule has 1 aromatic heterocycles. The summed E-state index contributed by atoms with van der Waals surface area (Å²) in [5.74, 6) is 2.11. The van der Waals surface area contributed by atoms with E-state index in [1.165, 1.54) is 11.1 Å². The van der Waals surface area contributed by atoms with Gasteiger partial charge in [0.1, 0.15) is 23.9 Å². The Kier molecular flexibility index (Phi) is 6.70. The quantitative estimate of drug-likeness (QED) is 0.428. The number of hydrogen-bond donors (Lipinski definition) is 1. The van der Waals surface area contributed by atoms with E-state index in [1.54, 1.807) is 0 Å². The molecule has 4 aromatic rings. The van der Waals surface area contributed by atoms with E-state index in [2.05, 4.69) is 29.8 Å². The smallest absolute Gasteiger partial charge is 0.258 e. The summed E-state index contributed by atoms with van der Waals surface area (Å²) in [5, 5.41) is 2.91. The lowest BCUT2D eigenvalue weighted by Crippen LogP contribution is -2.29. The average Bonchev–Trinajstić information content (AvgIpc) is 3.14. The Morgan fingerprint density at radius 1 is 0.906 bits per heavy atom. The minimum Gasteiger partial charge on any atom is -0.492 e. The van der Waals surface area contributed by atoms with Gasteiger partial charge < -0.3 is 19.4 Å². The number of rotatable bonds is 9. The predicted octanol–water partition coefficient (Wildman–Crippen LogP) is 4.43. The molecule has 0 spiro atoms. The van der Waals surface area contributed by atoms with E-state index in [9.17, 15) is 4.79 Å². The zero-order valence-corrected chi connectivity index (χ0v) is 18.4. The van der Waals surface area contributed by atoms with Crippen LogP contribution in [0.5, 0.6) is 11.5 Å². The fourth-order valence-electron chi connectivity index (χ4n) is 3.68. The van der Waals surface area contributed by atoms with Crippen LogP contribution in [0.15, 0.2) is 72.8 Å². The van der Waals surface area contributed by atoms with Gasteiger partial charge in [-0.05, 0) is 61.4 Å². The van der Waals surface area contributed by atoms with Gasteiger partial charge in [0.2, 0.25) is 0 Å². The summed E-state index contributed by atoms with van der Waals surface area (Å²) in [6.07, 6.45) is 0. The van der Waals surface area contributed by atoms with Crippen LogP contribution in [-0.2, 0) is 17.9 Å². The van der Waals surface area contributed by atoms with E-state index < -0.39 is 0 Å². The average molecular weight is 430 g/mol. The molecule has 6 nitrogen and oxygen atoms in total. The molecule has 0 saturated carbocycles. The van der Waals surface area contributed by atoms with Crippen LogP contribution in [0.2, 0.25) is 0 Å². The first-order valence-corrected chi connectivity index (χ1v) is 10.7. The first-order valence-electron chi connectivity index (χ1n) is 10.7. The number of carbonyl (C=O) groups excluding carboxylic acids is 1. The molecular weight excluding hydrogens is 402 g/mol. The molecule has 6 heteroatoms. The molecule has 0 aliphatic heterocycles. The van der Waals surface area contributed by atoms with Crippen molar-refractivity contribution in [3.63, 3.8) is 0 Å². The molecule has 32 heavy (non-hydrogen) atoms. The minimum atomic E-state index is -0.195. The van der Waals surface area contributed by atoms with Crippen LogP contribution in [0.25, 0.3) is 11.0 Å². The lowest BCUT2D eigenvalue weighted by Gasteiger charge is -2.12. The maximum Gasteiger partial charge on any atom is 0.258 e. The number of ether oxygens (including phenoxy) is 2. The molecule has 164 valence electrons. The van der Waals surface area contributed by atoms with E-state index in [4.69, 9.17) is 14.5 Å². The fraction of sp³-hybridized carbons (Fsp3) is 0.231. The third-order valence-corrected chi connectivity index (χ3v) is 5.07. The van der Waals surface area contributed by atoms with Crippen LogP contribution in [0.4, 0.5) is 0 Å². The molecule has 0 unspecified atom stereocenters. The Labute approximate surface area is 187 Å². The van der Waals surface area contributed by atoms with Gasteiger partial charge in [-0.25, -0.2) is 4.98 Å². The number of imidazole rings is 1. The van der Waals surface area contributed by atoms with Crippen LogP contribution >= 0.6 is 0 Å². The first kappa shape index (κ1) is 21.4. The topological polar surface area (TPSA) is 65.4 Å². The van der Waals surface area contributed by atoms with Gasteiger partial charge >= 0.3 is 0 Å². The summed E-state index contributed by atoms with van der Waals surface area (Å²) in [6.45, 7) is 5.52. The summed E-state index contributed by atoms with van der Waals surface area (Å²) < 4.78 is 13.6. The second kappa shape index (κ2) is 10.0. The standard InChI is InChI=1S/C26H27N3O3/c1-19-14-20(2)16-22(15-19)31-13-12-29-24-11-7-6-10-23(24)28-25(29)17-27-26(30)18-32-21-8-4-3-5-9-21/h3-11,14-16H,12-13,17-18H2,1-2H3,(H,27,30). The van der Waals surface area contributed by atoms with Crippen LogP contribution in [-0.4, -0.2) is 28.7 Å². The Bertz CT molecular complexity index is 1180. The molecule has 0 atom stereocenters. The normalized spacial score (nSPS) is 10.8. The van der Waals surface area contributed by atoms with Crippen molar-refractivity contribution in [1.29, 1.82) is 0 Å². The highest BCUT2D eigenvalue weighted by Crippen LogP contribution is 2.18. The second-order valence-corrected chi connectivity index (χ2v) is 7.72. The summed E-state index contributed by atoms with van der Waals surface area (Å²) >= 11 is 0. The molecule has 0 aliphatic rings. The second-order valence-electron chi connectivity index (χ2n) is 7.72. The number of fused-ring (bicyclic) bond motifs is 1. The lowest BCUT2D eigenvalue weighted by atomic mass is 10.1. The molecule has 0 bridgehead atoms. The molecule has 0 aliphatic carbocycles. The summed E-state index contributed by atoms with van der Waals surface area (Å²) in [7, 11) is 0. The number of para-hydroxylation sites is 3. The maximum atomic E-state index is 12.3. The lowest BCUT2D eigenvalue weighted by molar-refractivity contribution is -0.123. The molecule has 0 fully saturated rings. The van der Waals surface area contributed by atoms with Crippen molar-refractivity contribution >= 4 is 16.9 Å². The molecule has 4 rings (SSSR count). The molecule has 0 radical (unpaired) electrons. The van der Waals surface area contributed by atoms with Gasteiger partial charge in [-0.2, -0.15) is 0 Å². The van der Waals surface area contributed by atoms with E-state index in [0.717, 1.165) is 22.6 Å². The zero-order chi connectivity index (χ0) is 22.3. The summed E-state index contributed by atoms with van der Waals surface area (Å²) in [6, 6.07) is 23.4. The third kappa shape index (κ3) is 5.46. The Morgan fingerprint density at radius 3 is 2.41 bits per heavy atom. The number of hydrogen-bond acceptors (Lipinski definition) is 4. The van der Waals surface area contributed by atoms with Crippen molar-refractivity contribution in [2.75, 3.05) is 13.2 Å². The first-order chi connectivity index (χ1) is 15.6. The number of nitrogens with one attached hydrogen (secondary N) is 1. The van der Waals surface area contributed by atoms with Gasteiger partial charge in [-0.15, -0.1) is 0 Å². The number of aryl methyl sites for hydroxylation is 2. The van der Waals surface area contributed by atoms with Crippen molar-refractivity contribution in [2.45, 2.75) is 26.9 Å². The van der Waals surface area contributed by atoms with Crippen LogP contribution in [0.3, 0.4) is 0 Å². The molecule has 1 N–H and O–H groups in total. The molecule has 1 heterocycles. The van der Waals surface area contributed by atoms with Crippen molar-refractivity contribution in [1.82, 2.24) is 14.9 Å². The molecule has 3 aromatic carbocycles. The largest absolute Gasteiger partial charge is 0.492 e. The molecule has 1 amide bonds.